The van der Waals surface area contributed by atoms with Crippen molar-refractivity contribution in [1.82, 2.24) is 15.3 Å². The summed E-state index contributed by atoms with van der Waals surface area (Å²) in [6.07, 6.45) is 3.68. The van der Waals surface area contributed by atoms with Gasteiger partial charge in [0.1, 0.15) is 25.2 Å². The normalized spacial score (nSPS) is 11.8. The fraction of sp³-hybridized carbons (Fsp3) is 0.240. The number of carbonyl (C=O) groups is 1. The minimum absolute atomic E-state index is 0.0531. The third-order valence-electron chi connectivity index (χ3n) is 5.02. The maximum absolute atomic E-state index is 12.7. The Morgan fingerprint density at radius 3 is 2.54 bits per heavy atom. The van der Waals surface area contributed by atoms with Crippen LogP contribution in [0.25, 0.3) is 0 Å². The summed E-state index contributed by atoms with van der Waals surface area (Å²) in [6.45, 7) is 1.45. The summed E-state index contributed by atoms with van der Waals surface area (Å²) in [7, 11) is 1.65. The molecule has 0 fully saturated rings. The van der Waals surface area contributed by atoms with Gasteiger partial charge in [-0.3, -0.25) is 10.2 Å². The number of alkyl halides is 1. The van der Waals surface area contributed by atoms with Crippen molar-refractivity contribution in [2.24, 2.45) is 10.8 Å². The quantitative estimate of drug-likeness (QED) is 0.119. The number of hydrazone groups is 1. The molecular formula is C25H29FN8O3. The van der Waals surface area contributed by atoms with Crippen LogP contribution >= 0.6 is 0 Å². The van der Waals surface area contributed by atoms with E-state index in [1.165, 1.54) is 5.01 Å². The molecule has 0 radical (unpaired) electrons. The number of nitrogen functional groups attached to an aromatic ring is 1. The minimum Gasteiger partial charge on any atom is -0.490 e. The van der Waals surface area contributed by atoms with E-state index in [9.17, 15) is 9.18 Å². The van der Waals surface area contributed by atoms with E-state index in [0.29, 0.717) is 47.3 Å². The molecule has 0 aliphatic rings. The second kappa shape index (κ2) is 13.4. The van der Waals surface area contributed by atoms with E-state index in [1.807, 2.05) is 6.92 Å². The summed E-state index contributed by atoms with van der Waals surface area (Å²) in [5.41, 5.74) is 7.48. The maximum Gasteiger partial charge on any atom is 0.245 e. The number of nitrogens with zero attached hydrogens (tertiary/aromatic N) is 4. The van der Waals surface area contributed by atoms with Gasteiger partial charge >= 0.3 is 0 Å². The van der Waals surface area contributed by atoms with Gasteiger partial charge in [-0.25, -0.2) is 19.4 Å². The number of amidine groups is 2. The Labute approximate surface area is 214 Å². The van der Waals surface area contributed by atoms with E-state index in [1.54, 1.807) is 68.0 Å². The first-order valence-electron chi connectivity index (χ1n) is 11.4. The zero-order valence-electron chi connectivity index (χ0n) is 20.5. The van der Waals surface area contributed by atoms with Gasteiger partial charge in [-0.05, 0) is 55.0 Å². The van der Waals surface area contributed by atoms with Crippen LogP contribution in [0.1, 0.15) is 24.1 Å². The summed E-state index contributed by atoms with van der Waals surface area (Å²) in [5, 5.41) is 19.6. The summed E-state index contributed by atoms with van der Waals surface area (Å²) in [4.78, 5) is 20.0. The van der Waals surface area contributed by atoms with E-state index in [4.69, 9.17) is 20.6 Å². The number of carbonyl (C=O) groups excluding carboxylic acids is 1. The van der Waals surface area contributed by atoms with Gasteiger partial charge in [0, 0.05) is 30.7 Å². The van der Waals surface area contributed by atoms with Crippen LogP contribution in [0.2, 0.25) is 0 Å². The summed E-state index contributed by atoms with van der Waals surface area (Å²) < 4.78 is 23.9. The van der Waals surface area contributed by atoms with Crippen LogP contribution in [0.15, 0.2) is 66.0 Å². The zero-order chi connectivity index (χ0) is 26.6. The van der Waals surface area contributed by atoms with Crippen LogP contribution < -0.4 is 30.8 Å². The van der Waals surface area contributed by atoms with Crippen molar-refractivity contribution in [2.45, 2.75) is 13.0 Å². The lowest BCUT2D eigenvalue weighted by atomic mass is 10.0. The van der Waals surface area contributed by atoms with E-state index >= 15 is 0 Å². The van der Waals surface area contributed by atoms with Crippen molar-refractivity contribution < 1.29 is 18.7 Å². The third-order valence-corrected chi connectivity index (χ3v) is 5.02. The Bertz CT molecular complexity index is 1210. The number of nitrogens with two attached hydrogens (primary N) is 1. The average molecular weight is 509 g/mol. The van der Waals surface area contributed by atoms with Gasteiger partial charge in [0.25, 0.3) is 0 Å². The molecule has 3 aromatic rings. The van der Waals surface area contributed by atoms with Gasteiger partial charge in [-0.1, -0.05) is 6.07 Å². The van der Waals surface area contributed by atoms with Crippen LogP contribution in [-0.2, 0) is 4.79 Å². The zero-order valence-corrected chi connectivity index (χ0v) is 20.5. The van der Waals surface area contributed by atoms with Gasteiger partial charge in [0.2, 0.25) is 12.4 Å². The molecule has 5 N–H and O–H groups in total. The molecule has 1 unspecified atom stereocenters. The SMILES string of the molecule is CCOc1cc(C(Nc2ccc(C(=N)N)cc2)/C(=N/N(C)c2ncccn2)NC=O)ccc1OCCF. The van der Waals surface area contributed by atoms with Gasteiger partial charge < -0.3 is 25.8 Å². The standard InChI is InChI=1S/C25H29FN8O3/c1-3-36-21-15-18(7-10-20(21)37-14-11-26)22(32-19-8-5-17(6-9-19)23(27)28)24(31-16-35)33-34(2)25-29-12-4-13-30-25/h4-10,12-13,15-16,22,32H,3,11,14H2,1-2H3,(H3,27,28)(H,31,33,35). The first kappa shape index (κ1) is 26.9. The fourth-order valence-corrected chi connectivity index (χ4v) is 3.36. The van der Waals surface area contributed by atoms with Crippen molar-refractivity contribution in [3.63, 3.8) is 0 Å². The minimum atomic E-state index is -0.686. The van der Waals surface area contributed by atoms with E-state index < -0.39 is 12.7 Å². The average Bonchev–Trinajstić information content (AvgIpc) is 2.91. The molecule has 37 heavy (non-hydrogen) atoms. The third kappa shape index (κ3) is 7.37. The Kier molecular flexibility index (Phi) is 9.71. The predicted octanol–water partition coefficient (Wildman–Crippen LogP) is 2.86. The molecule has 1 atom stereocenters. The molecule has 12 heteroatoms. The number of anilines is 2. The lowest BCUT2D eigenvalue weighted by Crippen LogP contribution is -2.35. The van der Waals surface area contributed by atoms with Gasteiger partial charge in [-0.15, -0.1) is 0 Å². The van der Waals surface area contributed by atoms with Crippen molar-refractivity contribution >= 4 is 29.7 Å². The van der Waals surface area contributed by atoms with Crippen LogP contribution in [0.3, 0.4) is 0 Å². The molecule has 1 aromatic heterocycles. The summed E-state index contributed by atoms with van der Waals surface area (Å²) >= 11 is 0. The number of nitrogens with one attached hydrogen (secondary N) is 3. The second-order valence-corrected chi connectivity index (χ2v) is 7.56. The molecule has 0 aliphatic carbocycles. The van der Waals surface area contributed by atoms with Crippen molar-refractivity contribution in [2.75, 3.05) is 37.3 Å². The van der Waals surface area contributed by atoms with E-state index in [-0.39, 0.29) is 18.3 Å². The molecule has 11 nitrogen and oxygen atoms in total. The molecule has 3 rings (SSSR count). The fourth-order valence-electron chi connectivity index (χ4n) is 3.36. The second-order valence-electron chi connectivity index (χ2n) is 7.56. The Balaban J connectivity index is 2.07. The predicted molar refractivity (Wildman–Crippen MR) is 140 cm³/mol. The monoisotopic (exact) mass is 508 g/mol. The highest BCUT2D eigenvalue weighted by Gasteiger charge is 2.22. The highest BCUT2D eigenvalue weighted by Crippen LogP contribution is 2.32. The van der Waals surface area contributed by atoms with Crippen LogP contribution in [0.4, 0.5) is 16.0 Å². The Hall–Kier alpha value is -4.74. The molecule has 0 spiro atoms. The topological polar surface area (TPSA) is 151 Å². The number of hydrogen-bond acceptors (Lipinski definition) is 9. The van der Waals surface area contributed by atoms with Crippen LogP contribution in [-0.4, -0.2) is 55.0 Å². The number of ether oxygens (including phenoxy) is 2. The lowest BCUT2D eigenvalue weighted by Gasteiger charge is -2.24. The van der Waals surface area contributed by atoms with Crippen molar-refractivity contribution in [1.29, 1.82) is 5.41 Å². The highest BCUT2D eigenvalue weighted by molar-refractivity contribution is 5.98. The lowest BCUT2D eigenvalue weighted by molar-refractivity contribution is -0.108. The molecule has 0 aliphatic heterocycles. The highest BCUT2D eigenvalue weighted by atomic mass is 19.1. The number of hydrogen-bond donors (Lipinski definition) is 4. The summed E-state index contributed by atoms with van der Waals surface area (Å²) in [6, 6.07) is 13.1. The Morgan fingerprint density at radius 1 is 1.19 bits per heavy atom. The van der Waals surface area contributed by atoms with Crippen molar-refractivity contribution in [3.05, 3.63) is 72.1 Å². The molecular weight excluding hydrogens is 479 g/mol. The summed E-state index contributed by atoms with van der Waals surface area (Å²) in [5.74, 6) is 1.31. The van der Waals surface area contributed by atoms with Gasteiger partial charge in [0.05, 0.1) is 6.61 Å². The molecule has 0 bridgehead atoms. The number of benzene rings is 2. The largest absolute Gasteiger partial charge is 0.490 e. The maximum atomic E-state index is 12.7. The van der Waals surface area contributed by atoms with E-state index in [2.05, 4.69) is 25.7 Å². The molecule has 1 amide bonds. The molecule has 2 aromatic carbocycles. The number of aromatic nitrogens is 2. The first-order chi connectivity index (χ1) is 18.0. The number of rotatable bonds is 13. The molecule has 194 valence electrons. The van der Waals surface area contributed by atoms with Crippen LogP contribution in [0, 0.1) is 5.41 Å². The van der Waals surface area contributed by atoms with Gasteiger partial charge in [-0.2, -0.15) is 5.10 Å². The van der Waals surface area contributed by atoms with Crippen molar-refractivity contribution in [3.8, 4) is 11.5 Å². The van der Waals surface area contributed by atoms with E-state index in [0.717, 1.165) is 0 Å². The van der Waals surface area contributed by atoms with Gasteiger partial charge in [0.15, 0.2) is 17.3 Å². The van der Waals surface area contributed by atoms with Crippen LogP contribution in [0.5, 0.6) is 11.5 Å². The first-order valence-corrected chi connectivity index (χ1v) is 11.4. The smallest absolute Gasteiger partial charge is 0.245 e. The molecule has 0 saturated carbocycles. The number of amides is 1. The molecule has 0 saturated heterocycles. The number of halogens is 1. The Morgan fingerprint density at radius 2 is 1.92 bits per heavy atom. The molecule has 1 heterocycles.